The van der Waals surface area contributed by atoms with E-state index in [9.17, 15) is 0 Å². The molecule has 188 valence electrons. The van der Waals surface area contributed by atoms with Crippen LogP contribution in [-0.4, -0.2) is 13.1 Å². The first-order chi connectivity index (χ1) is 16.1. The molecule has 0 spiro atoms. The first kappa shape index (κ1) is 27.3. The molecule has 34 heavy (non-hydrogen) atoms. The van der Waals surface area contributed by atoms with Gasteiger partial charge in [-0.15, -0.1) is 0 Å². The van der Waals surface area contributed by atoms with Crippen LogP contribution in [0.5, 0.6) is 0 Å². The lowest BCUT2D eigenvalue weighted by Gasteiger charge is -2.33. The molecule has 0 amide bonds. The molecule has 0 saturated carbocycles. The summed E-state index contributed by atoms with van der Waals surface area (Å²) in [5.41, 5.74) is 8.67. The van der Waals surface area contributed by atoms with Gasteiger partial charge in [0, 0.05) is 24.5 Å². The Morgan fingerprint density at radius 3 is 1.09 bits per heavy atom. The molecule has 0 radical (unpaired) electrons. The second kappa shape index (κ2) is 12.1. The third-order valence-electron chi connectivity index (χ3n) is 6.36. The summed E-state index contributed by atoms with van der Waals surface area (Å²) >= 11 is 7.46. The van der Waals surface area contributed by atoms with Gasteiger partial charge in [-0.1, -0.05) is 91.8 Å². The summed E-state index contributed by atoms with van der Waals surface area (Å²) < 4.78 is 5.11. The van der Waals surface area contributed by atoms with Gasteiger partial charge in [-0.2, -0.15) is 0 Å². The molecule has 0 aliphatic carbocycles. The van der Waals surface area contributed by atoms with Crippen LogP contribution >= 0.6 is 18.8 Å². The molecule has 0 N–H and O–H groups in total. The Bertz CT molecular complexity index is 805. The predicted octanol–water partition coefficient (Wildman–Crippen LogP) is 9.27. The SMILES string of the molecule is CC(C)Cc1cccc(CC(C)C)c1N1CCN(c2c(CC(C)C)cccc2CC(C)C)P1Cl. The molecular formula is C30H46ClN2P. The highest BCUT2D eigenvalue weighted by molar-refractivity contribution is 7.86. The maximum Gasteiger partial charge on any atom is 0.197 e. The van der Waals surface area contributed by atoms with Gasteiger partial charge >= 0.3 is 0 Å². The van der Waals surface area contributed by atoms with E-state index in [1.807, 2.05) is 0 Å². The topological polar surface area (TPSA) is 6.48 Å². The molecule has 1 aliphatic heterocycles. The standard InChI is InChI=1S/C30H46ClN2P/c1-21(2)17-25-11-9-12-26(18-22(3)4)29(25)32-15-16-33(34(32)31)30-27(19-23(5)6)13-10-14-28(30)20-24(7)8/h9-14,21-24H,15-20H2,1-8H3. The van der Waals surface area contributed by atoms with Gasteiger partial charge in [-0.3, -0.25) is 0 Å². The van der Waals surface area contributed by atoms with Gasteiger partial charge in [0.15, 0.2) is 7.58 Å². The molecule has 0 unspecified atom stereocenters. The van der Waals surface area contributed by atoms with Gasteiger partial charge in [-0.25, -0.2) is 0 Å². The minimum Gasteiger partial charge on any atom is -0.319 e. The van der Waals surface area contributed by atoms with Crippen LogP contribution in [0.4, 0.5) is 11.4 Å². The Morgan fingerprint density at radius 1 is 0.588 bits per heavy atom. The fraction of sp³-hybridized carbons (Fsp3) is 0.600. The quantitative estimate of drug-likeness (QED) is 0.300. The van der Waals surface area contributed by atoms with Crippen molar-refractivity contribution in [3.63, 3.8) is 0 Å². The lowest BCUT2D eigenvalue weighted by atomic mass is 9.94. The number of nitrogens with zero attached hydrogens (tertiary/aromatic N) is 2. The van der Waals surface area contributed by atoms with Crippen LogP contribution < -0.4 is 9.34 Å². The average Bonchev–Trinajstić information content (AvgIpc) is 3.07. The van der Waals surface area contributed by atoms with E-state index in [-0.39, 0.29) is 0 Å². The molecule has 1 aliphatic rings. The number of rotatable bonds is 10. The monoisotopic (exact) mass is 500 g/mol. The molecular weight excluding hydrogens is 455 g/mol. The molecule has 2 aromatic carbocycles. The zero-order valence-corrected chi connectivity index (χ0v) is 24.4. The Balaban J connectivity index is 2.05. The number of halogens is 1. The van der Waals surface area contributed by atoms with E-state index >= 15 is 0 Å². The van der Waals surface area contributed by atoms with Crippen LogP contribution in [0.1, 0.15) is 77.6 Å². The molecule has 3 rings (SSSR count). The highest BCUT2D eigenvalue weighted by Crippen LogP contribution is 2.59. The van der Waals surface area contributed by atoms with Gasteiger partial charge in [-0.05, 0) is 82.8 Å². The van der Waals surface area contributed by atoms with E-state index in [4.69, 9.17) is 11.2 Å². The second-order valence-electron chi connectivity index (χ2n) is 11.7. The van der Waals surface area contributed by atoms with Crippen molar-refractivity contribution in [1.29, 1.82) is 0 Å². The van der Waals surface area contributed by atoms with Gasteiger partial charge in [0.25, 0.3) is 0 Å². The van der Waals surface area contributed by atoms with Crippen molar-refractivity contribution < 1.29 is 0 Å². The summed E-state index contributed by atoms with van der Waals surface area (Å²) in [5.74, 6) is 2.49. The molecule has 2 aromatic rings. The summed E-state index contributed by atoms with van der Waals surface area (Å²) in [5, 5.41) is 0. The molecule has 0 bridgehead atoms. The van der Waals surface area contributed by atoms with Crippen molar-refractivity contribution in [2.24, 2.45) is 23.7 Å². The number of para-hydroxylation sites is 2. The highest BCUT2D eigenvalue weighted by Gasteiger charge is 2.36. The van der Waals surface area contributed by atoms with Crippen LogP contribution in [0.3, 0.4) is 0 Å². The van der Waals surface area contributed by atoms with E-state index in [2.05, 4.69) is 101 Å². The van der Waals surface area contributed by atoms with Crippen molar-refractivity contribution in [3.05, 3.63) is 58.7 Å². The van der Waals surface area contributed by atoms with E-state index in [1.165, 1.54) is 33.6 Å². The number of benzene rings is 2. The molecule has 4 heteroatoms. The van der Waals surface area contributed by atoms with Crippen molar-refractivity contribution in [1.82, 2.24) is 0 Å². The van der Waals surface area contributed by atoms with Crippen LogP contribution in [0.15, 0.2) is 36.4 Å². The molecule has 2 nitrogen and oxygen atoms in total. The lowest BCUT2D eigenvalue weighted by Crippen LogP contribution is -2.18. The third kappa shape index (κ3) is 6.70. The van der Waals surface area contributed by atoms with Crippen LogP contribution in [0.25, 0.3) is 0 Å². The van der Waals surface area contributed by atoms with Crippen molar-refractivity contribution >= 4 is 30.2 Å². The van der Waals surface area contributed by atoms with E-state index in [0.717, 1.165) is 38.8 Å². The number of hydrogen-bond donors (Lipinski definition) is 0. The van der Waals surface area contributed by atoms with E-state index < -0.39 is 7.58 Å². The lowest BCUT2D eigenvalue weighted by molar-refractivity contribution is 0.635. The molecule has 1 heterocycles. The molecule has 1 fully saturated rings. The average molecular weight is 501 g/mol. The van der Waals surface area contributed by atoms with Crippen LogP contribution in [-0.2, 0) is 25.7 Å². The third-order valence-corrected chi connectivity index (χ3v) is 9.05. The molecule has 1 saturated heterocycles. The number of hydrogen-bond acceptors (Lipinski definition) is 2. The largest absolute Gasteiger partial charge is 0.319 e. The van der Waals surface area contributed by atoms with Crippen LogP contribution in [0, 0.1) is 23.7 Å². The normalized spacial score (nSPS) is 15.1. The summed E-state index contributed by atoms with van der Waals surface area (Å²) in [6.07, 6.45) is 4.39. The van der Waals surface area contributed by atoms with Gasteiger partial charge in [0.05, 0.1) is 0 Å². The smallest absolute Gasteiger partial charge is 0.197 e. The molecule has 0 aromatic heterocycles. The maximum absolute atomic E-state index is 7.46. The summed E-state index contributed by atoms with van der Waals surface area (Å²) in [6, 6.07) is 13.8. The van der Waals surface area contributed by atoms with Crippen LogP contribution in [0.2, 0.25) is 0 Å². The Kier molecular flexibility index (Phi) is 9.76. The fourth-order valence-corrected chi connectivity index (χ4v) is 7.76. The minimum atomic E-state index is -0.970. The first-order valence-electron chi connectivity index (χ1n) is 13.3. The van der Waals surface area contributed by atoms with Crippen molar-refractivity contribution in [3.8, 4) is 0 Å². The first-order valence-corrected chi connectivity index (χ1v) is 15.5. The number of anilines is 2. The fourth-order valence-electron chi connectivity index (χ4n) is 5.24. The van der Waals surface area contributed by atoms with E-state index in [0.29, 0.717) is 23.7 Å². The highest BCUT2D eigenvalue weighted by atomic mass is 35.7. The Hall–Kier alpha value is -1.24. The zero-order chi connectivity index (χ0) is 25.0. The summed E-state index contributed by atoms with van der Waals surface area (Å²) in [7, 11) is -0.970. The van der Waals surface area contributed by atoms with Crippen molar-refractivity contribution in [2.75, 3.05) is 22.4 Å². The molecule has 0 atom stereocenters. The minimum absolute atomic E-state index is 0.623. The van der Waals surface area contributed by atoms with Gasteiger partial charge in [0.2, 0.25) is 0 Å². The summed E-state index contributed by atoms with van der Waals surface area (Å²) in [6.45, 7) is 20.5. The van der Waals surface area contributed by atoms with Crippen molar-refractivity contribution in [2.45, 2.75) is 81.1 Å². The predicted molar refractivity (Wildman–Crippen MR) is 155 cm³/mol. The van der Waals surface area contributed by atoms with Gasteiger partial charge in [0.1, 0.15) is 0 Å². The van der Waals surface area contributed by atoms with E-state index in [1.54, 1.807) is 0 Å². The Labute approximate surface area is 215 Å². The Morgan fingerprint density at radius 2 is 0.853 bits per heavy atom. The summed E-state index contributed by atoms with van der Waals surface area (Å²) in [4.78, 5) is 0. The second-order valence-corrected chi connectivity index (χ2v) is 14.1. The maximum atomic E-state index is 7.46. The zero-order valence-electron chi connectivity index (χ0n) is 22.7. The van der Waals surface area contributed by atoms with Gasteiger partial charge < -0.3 is 9.34 Å².